The Balaban J connectivity index is 2.38. The summed E-state index contributed by atoms with van der Waals surface area (Å²) in [6.45, 7) is 3.46. The largest absolute Gasteiger partial charge is 0.433 e. The van der Waals surface area contributed by atoms with Crippen LogP contribution in [-0.2, 0) is 6.18 Å². The van der Waals surface area contributed by atoms with Crippen molar-refractivity contribution >= 4 is 17.5 Å². The van der Waals surface area contributed by atoms with E-state index in [4.69, 9.17) is 0 Å². The van der Waals surface area contributed by atoms with E-state index in [0.717, 1.165) is 6.07 Å². The molecule has 2 nitrogen and oxygen atoms in total. The molecule has 0 fully saturated rings. The molecule has 1 heterocycles. The lowest BCUT2D eigenvalue weighted by Gasteiger charge is -2.11. The number of halogens is 4. The lowest BCUT2D eigenvalue weighted by Crippen LogP contribution is -2.09. The molecule has 0 radical (unpaired) electrons. The molecule has 0 unspecified atom stereocenters. The summed E-state index contributed by atoms with van der Waals surface area (Å²) in [6.07, 6.45) is -0.214. The Morgan fingerprint density at radius 2 is 1.73 bits per heavy atom. The minimum Gasteiger partial charge on any atom is -0.355 e. The van der Waals surface area contributed by atoms with E-state index in [1.54, 1.807) is 0 Å². The average Bonchev–Trinajstić information content (AvgIpc) is 2.46. The number of alkyl halides is 3. The Hall–Kier alpha value is -2.63. The molecular weight excluding hydrogens is 296 g/mol. The summed E-state index contributed by atoms with van der Waals surface area (Å²) in [5.41, 5.74) is -0.195. The van der Waals surface area contributed by atoms with Crippen LogP contribution in [0.4, 0.5) is 28.9 Å². The maximum atomic E-state index is 12.9. The van der Waals surface area contributed by atoms with E-state index in [0.29, 0.717) is 5.69 Å². The van der Waals surface area contributed by atoms with Crippen molar-refractivity contribution in [1.29, 1.82) is 0 Å². The lowest BCUT2D eigenvalue weighted by molar-refractivity contribution is -0.141. The van der Waals surface area contributed by atoms with Crippen LogP contribution in [0.3, 0.4) is 0 Å². The molecule has 6 heteroatoms. The molecule has 1 aromatic heterocycles. The summed E-state index contributed by atoms with van der Waals surface area (Å²) in [5, 5.41) is 2.79. The van der Waals surface area contributed by atoms with Crippen molar-refractivity contribution in [3.05, 3.63) is 72.3 Å². The number of allylic oxidation sites excluding steroid dienone is 2. The third-order valence-corrected chi connectivity index (χ3v) is 2.67. The second-order valence-corrected chi connectivity index (χ2v) is 4.39. The summed E-state index contributed by atoms with van der Waals surface area (Å²) in [4.78, 5) is 3.54. The Kier molecular flexibility index (Phi) is 4.60. The summed E-state index contributed by atoms with van der Waals surface area (Å²) >= 11 is 0. The molecule has 0 atom stereocenters. The number of aromatic nitrogens is 1. The first-order valence-electron chi connectivity index (χ1n) is 6.29. The zero-order valence-corrected chi connectivity index (χ0v) is 11.4. The van der Waals surface area contributed by atoms with Gasteiger partial charge in [0.25, 0.3) is 0 Å². The van der Waals surface area contributed by atoms with Crippen molar-refractivity contribution in [1.82, 2.24) is 4.98 Å². The highest BCUT2D eigenvalue weighted by molar-refractivity contribution is 5.63. The molecule has 22 heavy (non-hydrogen) atoms. The van der Waals surface area contributed by atoms with Crippen LogP contribution in [0.1, 0.15) is 11.4 Å². The Morgan fingerprint density at radius 3 is 2.32 bits per heavy atom. The van der Waals surface area contributed by atoms with Crippen molar-refractivity contribution in [3.8, 4) is 0 Å². The van der Waals surface area contributed by atoms with Gasteiger partial charge in [-0.3, -0.25) is 0 Å². The van der Waals surface area contributed by atoms with Gasteiger partial charge in [-0.05, 0) is 42.5 Å². The zero-order valence-electron chi connectivity index (χ0n) is 11.4. The molecule has 0 aliphatic heterocycles. The number of nitrogens with one attached hydrogen (secondary N) is 1. The zero-order chi connectivity index (χ0) is 16.2. The molecule has 0 bridgehead atoms. The topological polar surface area (TPSA) is 24.9 Å². The second kappa shape index (κ2) is 6.43. The molecule has 0 saturated heterocycles. The number of benzene rings is 1. The fourth-order valence-electron chi connectivity index (χ4n) is 1.72. The fraction of sp³-hybridized carbons (Fsp3) is 0.0625. The molecule has 0 aliphatic carbocycles. The van der Waals surface area contributed by atoms with Crippen LogP contribution >= 0.6 is 0 Å². The average molecular weight is 308 g/mol. The molecule has 0 amide bonds. The van der Waals surface area contributed by atoms with Gasteiger partial charge < -0.3 is 5.32 Å². The number of rotatable bonds is 4. The molecule has 2 aromatic rings. The van der Waals surface area contributed by atoms with Crippen molar-refractivity contribution in [2.24, 2.45) is 0 Å². The van der Waals surface area contributed by atoms with Crippen molar-refractivity contribution in [3.63, 3.8) is 0 Å². The summed E-state index contributed by atoms with van der Waals surface area (Å²) in [5.74, 6) is -0.425. The highest BCUT2D eigenvalue weighted by Crippen LogP contribution is 2.31. The Morgan fingerprint density at radius 1 is 1.05 bits per heavy atom. The molecule has 1 N–H and O–H groups in total. The smallest absolute Gasteiger partial charge is 0.355 e. The summed E-state index contributed by atoms with van der Waals surface area (Å²) < 4.78 is 51.5. The number of nitrogens with zero attached hydrogens (tertiary/aromatic N) is 1. The van der Waals surface area contributed by atoms with Crippen LogP contribution in [0.5, 0.6) is 0 Å². The molecule has 0 aliphatic rings. The van der Waals surface area contributed by atoms with E-state index in [1.165, 1.54) is 48.6 Å². The van der Waals surface area contributed by atoms with Crippen LogP contribution < -0.4 is 5.32 Å². The van der Waals surface area contributed by atoms with E-state index in [1.807, 2.05) is 0 Å². The Bertz CT molecular complexity index is 688. The van der Waals surface area contributed by atoms with Gasteiger partial charge in [0.15, 0.2) is 0 Å². The van der Waals surface area contributed by atoms with Gasteiger partial charge in [-0.1, -0.05) is 18.7 Å². The highest BCUT2D eigenvalue weighted by Gasteiger charge is 2.33. The van der Waals surface area contributed by atoms with E-state index < -0.39 is 17.7 Å². The van der Waals surface area contributed by atoms with Gasteiger partial charge >= 0.3 is 6.18 Å². The highest BCUT2D eigenvalue weighted by atomic mass is 19.4. The van der Waals surface area contributed by atoms with Gasteiger partial charge in [-0.15, -0.1) is 0 Å². The minimum atomic E-state index is -4.56. The van der Waals surface area contributed by atoms with Crippen LogP contribution in [0.25, 0.3) is 6.08 Å². The number of anilines is 2. The SMILES string of the molecule is C=C/C=C/c1cc(Nc2ccc(F)cc2)cc(C(F)(F)F)n1. The van der Waals surface area contributed by atoms with Gasteiger partial charge in [-0.2, -0.15) is 13.2 Å². The first kappa shape index (κ1) is 15.8. The quantitative estimate of drug-likeness (QED) is 0.621. The number of hydrogen-bond donors (Lipinski definition) is 1. The predicted molar refractivity (Wildman–Crippen MR) is 78.2 cm³/mol. The third kappa shape index (κ3) is 4.18. The van der Waals surface area contributed by atoms with Gasteiger partial charge in [0.2, 0.25) is 0 Å². The van der Waals surface area contributed by atoms with Gasteiger partial charge in [0.1, 0.15) is 11.5 Å². The molecule has 0 saturated carbocycles. The Labute approximate surface area is 124 Å². The van der Waals surface area contributed by atoms with Gasteiger partial charge in [0, 0.05) is 11.4 Å². The van der Waals surface area contributed by atoms with E-state index in [2.05, 4.69) is 16.9 Å². The van der Waals surface area contributed by atoms with Crippen molar-refractivity contribution in [2.45, 2.75) is 6.18 Å². The number of hydrogen-bond acceptors (Lipinski definition) is 2. The monoisotopic (exact) mass is 308 g/mol. The normalized spacial score (nSPS) is 11.6. The van der Waals surface area contributed by atoms with Crippen LogP contribution in [0.15, 0.2) is 55.1 Å². The molecule has 0 spiro atoms. The van der Waals surface area contributed by atoms with E-state index in [9.17, 15) is 17.6 Å². The van der Waals surface area contributed by atoms with E-state index >= 15 is 0 Å². The minimum absolute atomic E-state index is 0.138. The first-order chi connectivity index (χ1) is 10.4. The third-order valence-electron chi connectivity index (χ3n) is 2.67. The summed E-state index contributed by atoms with van der Waals surface area (Å²) in [7, 11) is 0. The maximum Gasteiger partial charge on any atom is 0.433 e. The lowest BCUT2D eigenvalue weighted by atomic mass is 10.2. The molecular formula is C16H12F4N2. The molecule has 1 aromatic carbocycles. The van der Waals surface area contributed by atoms with Gasteiger partial charge in [0.05, 0.1) is 5.69 Å². The predicted octanol–water partition coefficient (Wildman–Crippen LogP) is 5.18. The second-order valence-electron chi connectivity index (χ2n) is 4.39. The molecule has 2 rings (SSSR count). The van der Waals surface area contributed by atoms with Crippen molar-refractivity contribution in [2.75, 3.05) is 5.32 Å². The molecule has 114 valence electrons. The first-order valence-corrected chi connectivity index (χ1v) is 6.29. The fourth-order valence-corrected chi connectivity index (χ4v) is 1.72. The van der Waals surface area contributed by atoms with Crippen LogP contribution in [0.2, 0.25) is 0 Å². The van der Waals surface area contributed by atoms with Crippen LogP contribution in [-0.4, -0.2) is 4.98 Å². The summed E-state index contributed by atoms with van der Waals surface area (Å²) in [6, 6.07) is 7.65. The maximum absolute atomic E-state index is 12.9. The van der Waals surface area contributed by atoms with Gasteiger partial charge in [-0.25, -0.2) is 9.37 Å². The van der Waals surface area contributed by atoms with Crippen molar-refractivity contribution < 1.29 is 17.6 Å². The number of pyridine rings is 1. The van der Waals surface area contributed by atoms with Crippen LogP contribution in [0, 0.1) is 5.82 Å². The van der Waals surface area contributed by atoms with E-state index in [-0.39, 0.29) is 11.4 Å². The standard InChI is InChI=1S/C16H12F4N2/c1-2-3-4-13-9-14(10-15(22-13)16(18,19)20)21-12-7-5-11(17)6-8-12/h2-10H,1H2,(H,21,22)/b4-3+.